The van der Waals surface area contributed by atoms with Crippen molar-refractivity contribution in [3.63, 3.8) is 0 Å². The third-order valence-corrected chi connectivity index (χ3v) is 2.46. The second-order valence-corrected chi connectivity index (χ2v) is 3.55. The van der Waals surface area contributed by atoms with Gasteiger partial charge in [-0.05, 0) is 19.4 Å². The largest absolute Gasteiger partial charge is 0.343 e. The second kappa shape index (κ2) is 3.13. The molecule has 2 heteroatoms. The second-order valence-electron chi connectivity index (χ2n) is 3.55. The summed E-state index contributed by atoms with van der Waals surface area (Å²) in [5.41, 5.74) is 1.19. The summed E-state index contributed by atoms with van der Waals surface area (Å²) in [6.07, 6.45) is 0.233. The van der Waals surface area contributed by atoms with Gasteiger partial charge in [-0.1, -0.05) is 30.3 Å². The maximum absolute atomic E-state index is 5.62. The Morgan fingerprint density at radius 3 is 2.54 bits per heavy atom. The van der Waals surface area contributed by atoms with Crippen LogP contribution in [0, 0.1) is 0 Å². The fourth-order valence-electron chi connectivity index (χ4n) is 1.27. The van der Waals surface area contributed by atoms with Crippen molar-refractivity contribution in [2.24, 2.45) is 0 Å². The highest BCUT2D eigenvalue weighted by Gasteiger charge is 2.50. The highest BCUT2D eigenvalue weighted by molar-refractivity contribution is 5.13. The molecule has 1 saturated heterocycles. The molecule has 0 radical (unpaired) electrons. The van der Waals surface area contributed by atoms with Crippen molar-refractivity contribution in [2.45, 2.75) is 32.3 Å². The number of epoxide rings is 1. The van der Waals surface area contributed by atoms with Crippen LogP contribution in [0.1, 0.15) is 19.4 Å². The lowest BCUT2D eigenvalue weighted by atomic mass is 10.2. The average molecular weight is 178 g/mol. The first kappa shape index (κ1) is 8.73. The molecule has 2 atom stereocenters. The van der Waals surface area contributed by atoms with E-state index in [0.717, 1.165) is 0 Å². The van der Waals surface area contributed by atoms with Crippen LogP contribution in [0.4, 0.5) is 0 Å². The summed E-state index contributed by atoms with van der Waals surface area (Å²) in [7, 11) is 0. The predicted octanol–water partition coefficient (Wildman–Crippen LogP) is 2.34. The minimum atomic E-state index is -0.337. The SMILES string of the molecule is C[C@H]1OC1(C)OCc1ccccc1. The van der Waals surface area contributed by atoms with Gasteiger partial charge >= 0.3 is 0 Å². The molecule has 0 aliphatic carbocycles. The van der Waals surface area contributed by atoms with Gasteiger partial charge in [-0.3, -0.25) is 0 Å². The maximum Gasteiger partial charge on any atom is 0.192 e. The van der Waals surface area contributed by atoms with E-state index in [1.165, 1.54) is 5.56 Å². The zero-order chi connectivity index (χ0) is 9.31. The molecule has 1 unspecified atom stereocenters. The molecule has 1 aromatic carbocycles. The van der Waals surface area contributed by atoms with Gasteiger partial charge in [0, 0.05) is 0 Å². The van der Waals surface area contributed by atoms with Gasteiger partial charge in [0.05, 0.1) is 6.61 Å². The minimum absolute atomic E-state index is 0.233. The lowest BCUT2D eigenvalue weighted by Crippen LogP contribution is -2.13. The van der Waals surface area contributed by atoms with Gasteiger partial charge in [-0.2, -0.15) is 0 Å². The normalized spacial score (nSPS) is 31.7. The first-order valence-corrected chi connectivity index (χ1v) is 4.56. The van der Waals surface area contributed by atoms with Crippen molar-refractivity contribution in [3.8, 4) is 0 Å². The summed E-state index contributed by atoms with van der Waals surface area (Å²) in [5.74, 6) is -0.337. The molecule has 0 bridgehead atoms. The van der Waals surface area contributed by atoms with Gasteiger partial charge in [0.15, 0.2) is 5.79 Å². The van der Waals surface area contributed by atoms with E-state index in [1.807, 2.05) is 32.0 Å². The standard InChI is InChI=1S/C11H14O2/c1-9-11(2,13-9)12-8-10-6-4-3-5-7-10/h3-7,9H,8H2,1-2H3/t9-,11?/m1/s1. The fraction of sp³-hybridized carbons (Fsp3) is 0.455. The Kier molecular flexibility index (Phi) is 2.10. The van der Waals surface area contributed by atoms with Gasteiger partial charge in [0.2, 0.25) is 0 Å². The van der Waals surface area contributed by atoms with Gasteiger partial charge in [0.1, 0.15) is 6.10 Å². The van der Waals surface area contributed by atoms with Crippen LogP contribution >= 0.6 is 0 Å². The summed E-state index contributed by atoms with van der Waals surface area (Å²) in [6, 6.07) is 10.1. The van der Waals surface area contributed by atoms with E-state index < -0.39 is 0 Å². The Bertz CT molecular complexity index is 283. The molecule has 13 heavy (non-hydrogen) atoms. The Labute approximate surface area is 78.5 Å². The Balaban J connectivity index is 1.87. The number of ether oxygens (including phenoxy) is 2. The molecule has 1 aromatic rings. The molecule has 1 aliphatic rings. The van der Waals surface area contributed by atoms with Crippen molar-refractivity contribution in [1.82, 2.24) is 0 Å². The third-order valence-electron chi connectivity index (χ3n) is 2.46. The summed E-state index contributed by atoms with van der Waals surface area (Å²) in [4.78, 5) is 0. The van der Waals surface area contributed by atoms with Crippen LogP contribution in [0.25, 0.3) is 0 Å². The zero-order valence-electron chi connectivity index (χ0n) is 7.99. The van der Waals surface area contributed by atoms with E-state index >= 15 is 0 Å². The molecule has 70 valence electrons. The van der Waals surface area contributed by atoms with E-state index in [1.54, 1.807) is 0 Å². The van der Waals surface area contributed by atoms with Gasteiger partial charge < -0.3 is 9.47 Å². The molecule has 0 aromatic heterocycles. The molecule has 1 fully saturated rings. The molecular formula is C11H14O2. The Hall–Kier alpha value is -0.860. The van der Waals surface area contributed by atoms with Crippen LogP contribution in [0.2, 0.25) is 0 Å². The summed E-state index contributed by atoms with van der Waals surface area (Å²) in [5, 5.41) is 0. The van der Waals surface area contributed by atoms with Crippen LogP contribution in [0.3, 0.4) is 0 Å². The van der Waals surface area contributed by atoms with E-state index in [2.05, 4.69) is 12.1 Å². The fourth-order valence-corrected chi connectivity index (χ4v) is 1.27. The van der Waals surface area contributed by atoms with Crippen LogP contribution in [0.5, 0.6) is 0 Å². The van der Waals surface area contributed by atoms with Crippen LogP contribution < -0.4 is 0 Å². The molecular weight excluding hydrogens is 164 g/mol. The van der Waals surface area contributed by atoms with Crippen molar-refractivity contribution >= 4 is 0 Å². The van der Waals surface area contributed by atoms with E-state index in [-0.39, 0.29) is 11.9 Å². The summed E-state index contributed by atoms with van der Waals surface area (Å²) >= 11 is 0. The smallest absolute Gasteiger partial charge is 0.192 e. The van der Waals surface area contributed by atoms with Crippen molar-refractivity contribution < 1.29 is 9.47 Å². The average Bonchev–Trinajstić information content (AvgIpc) is 2.74. The van der Waals surface area contributed by atoms with Crippen LogP contribution in [0.15, 0.2) is 30.3 Å². The molecule has 0 spiro atoms. The lowest BCUT2D eigenvalue weighted by Gasteiger charge is -2.07. The number of hydrogen-bond donors (Lipinski definition) is 0. The van der Waals surface area contributed by atoms with Gasteiger partial charge in [0.25, 0.3) is 0 Å². The van der Waals surface area contributed by atoms with E-state index in [4.69, 9.17) is 9.47 Å². The molecule has 0 saturated carbocycles. The van der Waals surface area contributed by atoms with E-state index in [0.29, 0.717) is 6.61 Å². The predicted molar refractivity (Wildman–Crippen MR) is 50.2 cm³/mol. The third kappa shape index (κ3) is 1.90. The number of benzene rings is 1. The zero-order valence-corrected chi connectivity index (χ0v) is 7.99. The molecule has 1 heterocycles. The quantitative estimate of drug-likeness (QED) is 0.663. The van der Waals surface area contributed by atoms with Crippen LogP contribution in [-0.2, 0) is 16.1 Å². The molecule has 2 nitrogen and oxygen atoms in total. The Morgan fingerprint density at radius 1 is 1.38 bits per heavy atom. The van der Waals surface area contributed by atoms with Crippen molar-refractivity contribution in [1.29, 1.82) is 0 Å². The first-order chi connectivity index (χ1) is 6.21. The van der Waals surface area contributed by atoms with Crippen molar-refractivity contribution in [2.75, 3.05) is 0 Å². The topological polar surface area (TPSA) is 21.8 Å². The van der Waals surface area contributed by atoms with Gasteiger partial charge in [-0.15, -0.1) is 0 Å². The first-order valence-electron chi connectivity index (χ1n) is 4.56. The summed E-state index contributed by atoms with van der Waals surface area (Å²) in [6.45, 7) is 4.62. The maximum atomic E-state index is 5.62. The minimum Gasteiger partial charge on any atom is -0.343 e. The highest BCUT2D eigenvalue weighted by atomic mass is 16.8. The Morgan fingerprint density at radius 2 is 2.00 bits per heavy atom. The molecule has 0 N–H and O–H groups in total. The highest BCUT2D eigenvalue weighted by Crippen LogP contribution is 2.37. The molecule has 2 rings (SSSR count). The summed E-state index contributed by atoms with van der Waals surface area (Å²) < 4.78 is 10.9. The van der Waals surface area contributed by atoms with E-state index in [9.17, 15) is 0 Å². The number of rotatable bonds is 3. The molecule has 0 amide bonds. The molecule has 1 aliphatic heterocycles. The monoisotopic (exact) mass is 178 g/mol. The lowest BCUT2D eigenvalue weighted by molar-refractivity contribution is -0.0405. The number of hydrogen-bond acceptors (Lipinski definition) is 2. The van der Waals surface area contributed by atoms with Crippen LogP contribution in [-0.4, -0.2) is 11.9 Å². The van der Waals surface area contributed by atoms with Gasteiger partial charge in [-0.25, -0.2) is 0 Å². The van der Waals surface area contributed by atoms with Crippen molar-refractivity contribution in [3.05, 3.63) is 35.9 Å².